The molecule has 0 spiro atoms. The second-order valence-electron chi connectivity index (χ2n) is 2.75. The van der Waals surface area contributed by atoms with Crippen molar-refractivity contribution in [2.75, 3.05) is 7.11 Å². The van der Waals surface area contributed by atoms with Gasteiger partial charge in [0.05, 0.1) is 7.11 Å². The first-order valence-corrected chi connectivity index (χ1v) is 3.94. The van der Waals surface area contributed by atoms with Crippen molar-refractivity contribution < 1.29 is 29.1 Å². The van der Waals surface area contributed by atoms with E-state index in [-0.39, 0.29) is 11.2 Å². The summed E-state index contributed by atoms with van der Waals surface area (Å²) in [4.78, 5) is 10.7. The third-order valence-corrected chi connectivity index (χ3v) is 1.80. The van der Waals surface area contributed by atoms with E-state index >= 15 is 0 Å². The minimum Gasteiger partial charge on any atom is -0.496 e. The number of hydrogen-bond donors (Lipinski definition) is 3. The van der Waals surface area contributed by atoms with Crippen molar-refractivity contribution in [3.8, 4) is 5.75 Å². The van der Waals surface area contributed by atoms with Crippen molar-refractivity contribution in [1.29, 1.82) is 0 Å². The summed E-state index contributed by atoms with van der Waals surface area (Å²) >= 11 is 0. The van der Waals surface area contributed by atoms with E-state index in [2.05, 4.69) is 4.74 Å². The van der Waals surface area contributed by atoms with Crippen LogP contribution in [0.15, 0.2) is 12.1 Å². The van der Waals surface area contributed by atoms with Gasteiger partial charge in [0.2, 0.25) is 0 Å². The molecule has 0 heterocycles. The highest BCUT2D eigenvalue weighted by atomic mass is 19.1. The van der Waals surface area contributed by atoms with Crippen LogP contribution in [0.2, 0.25) is 0 Å². The molecule has 1 aromatic carbocycles. The Kier molecular flexibility index (Phi) is 3.28. The molecule has 5 nitrogen and oxygen atoms in total. The van der Waals surface area contributed by atoms with E-state index in [0.717, 1.165) is 19.2 Å². The van der Waals surface area contributed by atoms with Crippen molar-refractivity contribution in [3.05, 3.63) is 23.5 Å². The van der Waals surface area contributed by atoms with E-state index in [1.165, 1.54) is 0 Å². The van der Waals surface area contributed by atoms with Gasteiger partial charge >= 0.3 is 13.1 Å². The number of carboxylic acid groups (broad SMARTS) is 1. The number of ether oxygens (including phenoxy) is 1. The molecule has 80 valence electrons. The third-order valence-electron chi connectivity index (χ3n) is 1.80. The first-order chi connectivity index (χ1) is 6.97. The Morgan fingerprint density at radius 3 is 2.47 bits per heavy atom. The van der Waals surface area contributed by atoms with Gasteiger partial charge in [-0.15, -0.1) is 0 Å². The minimum atomic E-state index is -1.99. The maximum Gasteiger partial charge on any atom is 0.492 e. The van der Waals surface area contributed by atoms with Gasteiger partial charge in [0, 0.05) is 5.46 Å². The number of methoxy groups -OCH3 is 1. The summed E-state index contributed by atoms with van der Waals surface area (Å²) in [5.74, 6) is -2.55. The van der Waals surface area contributed by atoms with E-state index in [4.69, 9.17) is 15.2 Å². The largest absolute Gasteiger partial charge is 0.496 e. The van der Waals surface area contributed by atoms with Crippen LogP contribution >= 0.6 is 0 Å². The Labute approximate surface area is 84.9 Å². The zero-order valence-corrected chi connectivity index (χ0v) is 7.77. The van der Waals surface area contributed by atoms with Crippen LogP contribution in [0.3, 0.4) is 0 Å². The van der Waals surface area contributed by atoms with Crippen LogP contribution in [0, 0.1) is 5.82 Å². The molecular formula is C8H8BFO5. The average molecular weight is 214 g/mol. The van der Waals surface area contributed by atoms with Gasteiger partial charge < -0.3 is 19.9 Å². The van der Waals surface area contributed by atoms with Gasteiger partial charge in [-0.25, -0.2) is 9.18 Å². The van der Waals surface area contributed by atoms with E-state index in [1.54, 1.807) is 0 Å². The lowest BCUT2D eigenvalue weighted by Gasteiger charge is -2.10. The van der Waals surface area contributed by atoms with Crippen LogP contribution in [-0.4, -0.2) is 35.4 Å². The van der Waals surface area contributed by atoms with E-state index in [1.807, 2.05) is 0 Å². The third kappa shape index (κ3) is 2.25. The molecule has 0 unspecified atom stereocenters. The predicted octanol–water partition coefficient (Wildman–Crippen LogP) is -0.788. The van der Waals surface area contributed by atoms with Crippen LogP contribution in [0.25, 0.3) is 0 Å². The molecule has 0 atom stereocenters. The highest BCUT2D eigenvalue weighted by molar-refractivity contribution is 6.60. The highest BCUT2D eigenvalue weighted by Crippen LogP contribution is 2.17. The molecule has 0 aliphatic rings. The Bertz CT molecular complexity index is 393. The molecule has 15 heavy (non-hydrogen) atoms. The van der Waals surface area contributed by atoms with Crippen LogP contribution < -0.4 is 10.2 Å². The fraction of sp³-hybridized carbons (Fsp3) is 0.125. The molecule has 0 aromatic heterocycles. The Hall–Kier alpha value is -1.60. The maximum atomic E-state index is 12.9. The molecule has 0 saturated heterocycles. The number of benzene rings is 1. The number of aromatic carboxylic acids is 1. The van der Waals surface area contributed by atoms with Gasteiger partial charge in [0.25, 0.3) is 0 Å². The van der Waals surface area contributed by atoms with Crippen LogP contribution in [0.4, 0.5) is 4.39 Å². The lowest BCUT2D eigenvalue weighted by atomic mass is 9.78. The molecule has 1 aromatic rings. The van der Waals surface area contributed by atoms with Gasteiger partial charge in [-0.3, -0.25) is 0 Å². The van der Waals surface area contributed by atoms with Gasteiger partial charge in [-0.2, -0.15) is 0 Å². The molecule has 0 aliphatic carbocycles. The molecule has 0 radical (unpaired) electrons. The SMILES string of the molecule is COc1c(B(O)O)cc(F)cc1C(=O)O. The summed E-state index contributed by atoms with van der Waals surface area (Å²) in [6.45, 7) is 0. The van der Waals surface area contributed by atoms with Gasteiger partial charge in [-0.05, 0) is 12.1 Å². The van der Waals surface area contributed by atoms with Crippen molar-refractivity contribution in [3.63, 3.8) is 0 Å². The molecule has 3 N–H and O–H groups in total. The van der Waals surface area contributed by atoms with Crippen LogP contribution in [-0.2, 0) is 0 Å². The number of carboxylic acids is 1. The Balaban J connectivity index is 3.45. The second kappa shape index (κ2) is 4.29. The summed E-state index contributed by atoms with van der Waals surface area (Å²) in [6.07, 6.45) is 0. The summed E-state index contributed by atoms with van der Waals surface area (Å²) in [7, 11) is -0.834. The lowest BCUT2D eigenvalue weighted by molar-refractivity contribution is 0.0693. The summed E-state index contributed by atoms with van der Waals surface area (Å²) in [6, 6.07) is 1.54. The monoisotopic (exact) mass is 214 g/mol. The average Bonchev–Trinajstić information content (AvgIpc) is 2.16. The van der Waals surface area contributed by atoms with Gasteiger partial charge in [0.1, 0.15) is 17.1 Å². The molecule has 1 rings (SSSR count). The summed E-state index contributed by atoms with van der Waals surface area (Å²) in [5, 5.41) is 26.5. The topological polar surface area (TPSA) is 87.0 Å². The van der Waals surface area contributed by atoms with Crippen molar-refractivity contribution >= 4 is 18.6 Å². The van der Waals surface area contributed by atoms with Crippen molar-refractivity contribution in [2.24, 2.45) is 0 Å². The van der Waals surface area contributed by atoms with Crippen molar-refractivity contribution in [1.82, 2.24) is 0 Å². The first-order valence-electron chi connectivity index (χ1n) is 3.94. The molecule has 0 saturated carbocycles. The zero-order chi connectivity index (χ0) is 11.6. The fourth-order valence-electron chi connectivity index (χ4n) is 1.19. The highest BCUT2D eigenvalue weighted by Gasteiger charge is 2.24. The number of carbonyl (C=O) groups is 1. The molecule has 0 fully saturated rings. The minimum absolute atomic E-state index is 0.265. The molecule has 0 bridgehead atoms. The second-order valence-corrected chi connectivity index (χ2v) is 2.75. The van der Waals surface area contributed by atoms with E-state index < -0.39 is 24.5 Å². The van der Waals surface area contributed by atoms with Crippen LogP contribution in [0.1, 0.15) is 10.4 Å². The Morgan fingerprint density at radius 1 is 1.47 bits per heavy atom. The Morgan fingerprint density at radius 2 is 2.07 bits per heavy atom. The maximum absolute atomic E-state index is 12.9. The van der Waals surface area contributed by atoms with Crippen molar-refractivity contribution in [2.45, 2.75) is 0 Å². The van der Waals surface area contributed by atoms with E-state index in [9.17, 15) is 9.18 Å². The van der Waals surface area contributed by atoms with Crippen LogP contribution in [0.5, 0.6) is 5.75 Å². The molecule has 0 amide bonds. The molecular weight excluding hydrogens is 206 g/mol. The summed E-state index contributed by atoms with van der Waals surface area (Å²) < 4.78 is 17.6. The fourth-order valence-corrected chi connectivity index (χ4v) is 1.19. The standard InChI is InChI=1S/C8H8BFO5/c1-15-7-5(8(11)12)2-4(10)3-6(7)9(13)14/h2-3,13-14H,1H3,(H,11,12). The van der Waals surface area contributed by atoms with E-state index in [0.29, 0.717) is 0 Å². The lowest BCUT2D eigenvalue weighted by Crippen LogP contribution is -2.32. The normalized spacial score (nSPS) is 9.87. The quantitative estimate of drug-likeness (QED) is 0.574. The zero-order valence-electron chi connectivity index (χ0n) is 7.77. The smallest absolute Gasteiger partial charge is 0.492 e. The van der Waals surface area contributed by atoms with Gasteiger partial charge in [0.15, 0.2) is 0 Å². The number of hydrogen-bond acceptors (Lipinski definition) is 4. The number of rotatable bonds is 3. The number of halogens is 1. The first kappa shape index (κ1) is 11.5. The molecule has 0 aliphatic heterocycles. The summed E-state index contributed by atoms with van der Waals surface area (Å²) in [5.41, 5.74) is -0.782. The van der Waals surface area contributed by atoms with Gasteiger partial charge in [-0.1, -0.05) is 0 Å². The molecule has 7 heteroatoms. The predicted molar refractivity (Wildman–Crippen MR) is 49.7 cm³/mol.